The fraction of sp³-hybridized carbons (Fsp3) is 0.125. The zero-order valence-corrected chi connectivity index (χ0v) is 7.78. The first kappa shape index (κ1) is 11.2. The van der Waals surface area contributed by atoms with Crippen LogP contribution in [-0.4, -0.2) is 4.92 Å². The Bertz CT molecular complexity index is 653. The van der Waals surface area contributed by atoms with Crippen molar-refractivity contribution in [3.8, 4) is 0 Å². The van der Waals surface area contributed by atoms with Gasteiger partial charge in [0.05, 0.1) is 11.0 Å². The summed E-state index contributed by atoms with van der Waals surface area (Å²) in [6.45, 7) is 0. The highest BCUT2D eigenvalue weighted by Crippen LogP contribution is 2.37. The zero-order chi connectivity index (χ0) is 12.8. The van der Waals surface area contributed by atoms with Gasteiger partial charge in [0.1, 0.15) is 5.56 Å². The minimum atomic E-state index is -4.88. The standard InChI is InChI=1S/C8H2F3NO5/c9-8(10,11)4-1-3(12(14)15)2-5-6(4)17-7(13)16-5/h1-2H. The molecule has 0 aliphatic rings. The van der Waals surface area contributed by atoms with Gasteiger partial charge in [-0.3, -0.25) is 10.1 Å². The number of benzene rings is 1. The molecule has 17 heavy (non-hydrogen) atoms. The quantitative estimate of drug-likeness (QED) is 0.571. The van der Waals surface area contributed by atoms with E-state index in [9.17, 15) is 28.1 Å². The Kier molecular flexibility index (Phi) is 2.19. The van der Waals surface area contributed by atoms with Crippen molar-refractivity contribution in [3.63, 3.8) is 0 Å². The maximum atomic E-state index is 12.5. The summed E-state index contributed by atoms with van der Waals surface area (Å²) in [5.74, 6) is -1.36. The summed E-state index contributed by atoms with van der Waals surface area (Å²) in [6.07, 6.45) is -4.88. The average Bonchev–Trinajstić information content (AvgIpc) is 2.54. The molecular formula is C8H2F3NO5. The second-order valence-electron chi connectivity index (χ2n) is 3.03. The number of fused-ring (bicyclic) bond motifs is 1. The summed E-state index contributed by atoms with van der Waals surface area (Å²) in [7, 11) is 0. The third-order valence-corrected chi connectivity index (χ3v) is 1.93. The third kappa shape index (κ3) is 1.86. The van der Waals surface area contributed by atoms with Gasteiger partial charge in [-0.25, -0.2) is 4.79 Å². The van der Waals surface area contributed by atoms with Crippen LogP contribution in [0.4, 0.5) is 18.9 Å². The van der Waals surface area contributed by atoms with Crippen LogP contribution in [0.3, 0.4) is 0 Å². The molecule has 0 unspecified atom stereocenters. The molecule has 0 radical (unpaired) electrons. The molecular weight excluding hydrogens is 247 g/mol. The lowest BCUT2D eigenvalue weighted by Gasteiger charge is -2.05. The molecule has 9 heteroatoms. The molecule has 2 aromatic rings. The maximum Gasteiger partial charge on any atom is 0.519 e. The number of hydrogen-bond acceptors (Lipinski definition) is 5. The topological polar surface area (TPSA) is 86.5 Å². The van der Waals surface area contributed by atoms with E-state index in [4.69, 9.17) is 0 Å². The molecule has 1 heterocycles. The summed E-state index contributed by atoms with van der Waals surface area (Å²) < 4.78 is 46.1. The molecule has 0 N–H and O–H groups in total. The SMILES string of the molecule is O=c1oc2cc([N+](=O)[O-])cc(C(F)(F)F)c2o1. The Morgan fingerprint density at radius 3 is 2.41 bits per heavy atom. The number of rotatable bonds is 1. The van der Waals surface area contributed by atoms with Gasteiger partial charge < -0.3 is 8.83 Å². The lowest BCUT2D eigenvalue weighted by Crippen LogP contribution is -2.06. The molecule has 0 fully saturated rings. The maximum absolute atomic E-state index is 12.5. The Morgan fingerprint density at radius 1 is 1.24 bits per heavy atom. The van der Waals surface area contributed by atoms with Crippen LogP contribution in [-0.2, 0) is 6.18 Å². The van der Waals surface area contributed by atoms with Crippen LogP contribution < -0.4 is 5.82 Å². The van der Waals surface area contributed by atoms with Crippen molar-refractivity contribution in [1.82, 2.24) is 0 Å². The van der Waals surface area contributed by atoms with E-state index < -0.39 is 39.3 Å². The summed E-state index contributed by atoms with van der Waals surface area (Å²) in [5, 5.41) is 10.4. The fourth-order valence-electron chi connectivity index (χ4n) is 1.28. The lowest BCUT2D eigenvalue weighted by atomic mass is 10.1. The molecule has 0 bridgehead atoms. The van der Waals surface area contributed by atoms with Gasteiger partial charge in [-0.05, 0) is 0 Å². The highest BCUT2D eigenvalue weighted by atomic mass is 19.4. The predicted molar refractivity (Wildman–Crippen MR) is 46.4 cm³/mol. The van der Waals surface area contributed by atoms with Crippen molar-refractivity contribution in [2.75, 3.05) is 0 Å². The molecule has 0 saturated heterocycles. The van der Waals surface area contributed by atoms with Gasteiger partial charge >= 0.3 is 12.0 Å². The van der Waals surface area contributed by atoms with E-state index in [1.165, 1.54) is 0 Å². The zero-order valence-electron chi connectivity index (χ0n) is 7.78. The van der Waals surface area contributed by atoms with Crippen LogP contribution in [0.15, 0.2) is 25.8 Å². The minimum absolute atomic E-state index is 0.279. The second kappa shape index (κ2) is 3.34. The van der Waals surface area contributed by atoms with E-state index in [0.29, 0.717) is 6.07 Å². The average molecular weight is 249 g/mol. The van der Waals surface area contributed by atoms with Crippen LogP contribution in [0.25, 0.3) is 11.2 Å². The monoisotopic (exact) mass is 249 g/mol. The smallest absolute Gasteiger partial charge is 0.390 e. The van der Waals surface area contributed by atoms with E-state index in [1.807, 2.05) is 0 Å². The number of nitro benzene ring substituents is 1. The molecule has 1 aromatic heterocycles. The number of halogens is 3. The Hall–Kier alpha value is -2.32. The summed E-state index contributed by atoms with van der Waals surface area (Å²) in [6, 6.07) is 0.969. The first-order valence-corrected chi connectivity index (χ1v) is 4.08. The number of alkyl halides is 3. The molecule has 0 saturated carbocycles. The van der Waals surface area contributed by atoms with Gasteiger partial charge in [0.15, 0.2) is 11.2 Å². The largest absolute Gasteiger partial charge is 0.519 e. The minimum Gasteiger partial charge on any atom is -0.390 e. The molecule has 6 nitrogen and oxygen atoms in total. The molecule has 0 amide bonds. The van der Waals surface area contributed by atoms with Crippen LogP contribution in [0, 0.1) is 10.1 Å². The van der Waals surface area contributed by atoms with Crippen molar-refractivity contribution in [2.24, 2.45) is 0 Å². The van der Waals surface area contributed by atoms with Crippen molar-refractivity contribution in [3.05, 3.63) is 38.4 Å². The number of nitro groups is 1. The molecule has 90 valence electrons. The predicted octanol–water partition coefficient (Wildman–Crippen LogP) is 2.31. The van der Waals surface area contributed by atoms with Gasteiger partial charge in [-0.15, -0.1) is 0 Å². The van der Waals surface area contributed by atoms with Gasteiger partial charge in [0, 0.05) is 6.07 Å². The third-order valence-electron chi connectivity index (χ3n) is 1.93. The Balaban J connectivity index is 2.87. The highest BCUT2D eigenvalue weighted by Gasteiger charge is 2.37. The molecule has 0 spiro atoms. The molecule has 0 aliphatic carbocycles. The normalized spacial score (nSPS) is 11.9. The fourth-order valence-corrected chi connectivity index (χ4v) is 1.28. The van der Waals surface area contributed by atoms with Crippen molar-refractivity contribution < 1.29 is 26.9 Å². The number of hydrogen-bond donors (Lipinski definition) is 0. The summed E-state index contributed by atoms with van der Waals surface area (Å²) >= 11 is 0. The Morgan fingerprint density at radius 2 is 1.88 bits per heavy atom. The highest BCUT2D eigenvalue weighted by molar-refractivity contribution is 5.77. The second-order valence-corrected chi connectivity index (χ2v) is 3.03. The number of nitrogens with zero attached hydrogens (tertiary/aromatic N) is 1. The molecule has 2 rings (SSSR count). The van der Waals surface area contributed by atoms with Crippen LogP contribution in [0.1, 0.15) is 5.56 Å². The van der Waals surface area contributed by atoms with Gasteiger partial charge in [0.2, 0.25) is 0 Å². The van der Waals surface area contributed by atoms with E-state index >= 15 is 0 Å². The van der Waals surface area contributed by atoms with Gasteiger partial charge in [0.25, 0.3) is 5.69 Å². The van der Waals surface area contributed by atoms with Crippen LogP contribution >= 0.6 is 0 Å². The van der Waals surface area contributed by atoms with Gasteiger partial charge in [-0.2, -0.15) is 13.2 Å². The molecule has 0 aliphatic heterocycles. The van der Waals surface area contributed by atoms with Gasteiger partial charge in [-0.1, -0.05) is 0 Å². The van der Waals surface area contributed by atoms with Crippen LogP contribution in [0.5, 0.6) is 0 Å². The van der Waals surface area contributed by atoms with Crippen LogP contribution in [0.2, 0.25) is 0 Å². The van der Waals surface area contributed by atoms with Crippen molar-refractivity contribution >= 4 is 16.9 Å². The first-order chi connectivity index (χ1) is 7.79. The Labute approximate surface area is 89.4 Å². The molecule has 1 aromatic carbocycles. The molecule has 0 atom stereocenters. The number of non-ortho nitro benzene ring substituents is 1. The van der Waals surface area contributed by atoms with Crippen molar-refractivity contribution in [2.45, 2.75) is 6.18 Å². The van der Waals surface area contributed by atoms with Crippen molar-refractivity contribution in [1.29, 1.82) is 0 Å². The van der Waals surface area contributed by atoms with E-state index in [2.05, 4.69) is 8.83 Å². The lowest BCUT2D eigenvalue weighted by molar-refractivity contribution is -0.385. The van der Waals surface area contributed by atoms with E-state index in [1.54, 1.807) is 0 Å². The van der Waals surface area contributed by atoms with E-state index in [0.717, 1.165) is 0 Å². The van der Waals surface area contributed by atoms with E-state index in [-0.39, 0.29) is 6.07 Å². The summed E-state index contributed by atoms with van der Waals surface area (Å²) in [4.78, 5) is 20.1. The summed E-state index contributed by atoms with van der Waals surface area (Å²) in [5.41, 5.74) is -3.73. The first-order valence-electron chi connectivity index (χ1n) is 4.08.